The van der Waals surface area contributed by atoms with Gasteiger partial charge in [-0.25, -0.2) is 4.98 Å². The van der Waals surface area contributed by atoms with Gasteiger partial charge in [0.15, 0.2) is 0 Å². The number of nitrogens with zero attached hydrogens (tertiary/aromatic N) is 2. The summed E-state index contributed by atoms with van der Waals surface area (Å²) in [6.07, 6.45) is 4.29. The van der Waals surface area contributed by atoms with Crippen LogP contribution < -0.4 is 5.73 Å². The molecule has 1 aliphatic rings. The number of aromatic nitrogens is 2. The molecule has 0 saturated heterocycles. The average Bonchev–Trinajstić information content (AvgIpc) is 3.14. The quantitative estimate of drug-likeness (QED) is 0.825. The number of halogens is 1. The highest BCUT2D eigenvalue weighted by molar-refractivity contribution is 5.67. The number of nitrogens with two attached hydrogens (primary N) is 1. The Hall–Kier alpha value is -1.97. The van der Waals surface area contributed by atoms with Gasteiger partial charge in [0.2, 0.25) is 5.95 Å². The monoisotopic (exact) mass is 243 g/mol. The zero-order valence-corrected chi connectivity index (χ0v) is 10.2. The standard InChI is InChI=1S/C14H14FN3/c1-8-12(6-10(7-17-8)9-2-3-9)11-4-5-13(16)18-14(11)15/h4-7,9H,2-3H2,1H3,(H2,16,18). The zero-order valence-electron chi connectivity index (χ0n) is 10.2. The fraction of sp³-hybridized carbons (Fsp3) is 0.286. The first kappa shape index (κ1) is 11.1. The van der Waals surface area contributed by atoms with Gasteiger partial charge in [0.05, 0.1) is 0 Å². The molecule has 0 unspecified atom stereocenters. The number of hydrogen-bond acceptors (Lipinski definition) is 3. The van der Waals surface area contributed by atoms with Crippen molar-refractivity contribution in [3.8, 4) is 11.1 Å². The molecule has 0 atom stereocenters. The summed E-state index contributed by atoms with van der Waals surface area (Å²) in [6.45, 7) is 1.88. The number of rotatable bonds is 2. The molecule has 0 aliphatic heterocycles. The minimum absolute atomic E-state index is 0.195. The summed E-state index contributed by atoms with van der Waals surface area (Å²) in [5, 5.41) is 0. The van der Waals surface area contributed by atoms with Crippen molar-refractivity contribution in [2.75, 3.05) is 5.73 Å². The number of nitrogen functional groups attached to an aromatic ring is 1. The van der Waals surface area contributed by atoms with E-state index in [0.29, 0.717) is 11.5 Å². The normalized spacial score (nSPS) is 14.8. The van der Waals surface area contributed by atoms with Crippen LogP contribution in [0.1, 0.15) is 30.0 Å². The largest absolute Gasteiger partial charge is 0.384 e. The van der Waals surface area contributed by atoms with E-state index in [2.05, 4.69) is 9.97 Å². The second kappa shape index (κ2) is 4.05. The third kappa shape index (κ3) is 1.94. The summed E-state index contributed by atoms with van der Waals surface area (Å²) in [4.78, 5) is 8.02. The van der Waals surface area contributed by atoms with Crippen molar-refractivity contribution in [2.45, 2.75) is 25.7 Å². The van der Waals surface area contributed by atoms with Gasteiger partial charge in [-0.15, -0.1) is 0 Å². The van der Waals surface area contributed by atoms with Crippen LogP contribution in [0.2, 0.25) is 0 Å². The molecule has 0 amide bonds. The summed E-state index contributed by atoms with van der Waals surface area (Å²) in [5.41, 5.74) is 8.74. The van der Waals surface area contributed by atoms with E-state index in [1.807, 2.05) is 19.2 Å². The van der Waals surface area contributed by atoms with Crippen molar-refractivity contribution in [2.24, 2.45) is 0 Å². The second-order valence-corrected chi connectivity index (χ2v) is 4.75. The number of aryl methyl sites for hydroxylation is 1. The summed E-state index contributed by atoms with van der Waals surface area (Å²) in [6, 6.07) is 5.30. The molecule has 1 saturated carbocycles. The molecular formula is C14H14FN3. The van der Waals surface area contributed by atoms with Gasteiger partial charge < -0.3 is 5.73 Å². The van der Waals surface area contributed by atoms with Crippen LogP contribution >= 0.6 is 0 Å². The molecule has 2 heterocycles. The number of anilines is 1. The first-order valence-corrected chi connectivity index (χ1v) is 6.04. The summed E-state index contributed by atoms with van der Waals surface area (Å²) < 4.78 is 13.8. The van der Waals surface area contributed by atoms with Gasteiger partial charge in [-0.1, -0.05) is 0 Å². The van der Waals surface area contributed by atoms with Gasteiger partial charge in [-0.3, -0.25) is 4.98 Å². The van der Waals surface area contributed by atoms with Crippen LogP contribution in [-0.2, 0) is 0 Å². The molecule has 3 nitrogen and oxygen atoms in total. The van der Waals surface area contributed by atoms with Crippen LogP contribution in [0.15, 0.2) is 24.4 Å². The van der Waals surface area contributed by atoms with Crippen LogP contribution in [0, 0.1) is 12.9 Å². The van der Waals surface area contributed by atoms with Crippen LogP contribution in [0.5, 0.6) is 0 Å². The lowest BCUT2D eigenvalue weighted by molar-refractivity contribution is 0.589. The van der Waals surface area contributed by atoms with Crippen molar-refractivity contribution in [1.82, 2.24) is 9.97 Å². The maximum atomic E-state index is 13.8. The van der Waals surface area contributed by atoms with Gasteiger partial charge in [0, 0.05) is 23.0 Å². The van der Waals surface area contributed by atoms with E-state index in [-0.39, 0.29) is 5.82 Å². The van der Waals surface area contributed by atoms with Crippen molar-refractivity contribution in [3.63, 3.8) is 0 Å². The Morgan fingerprint density at radius 1 is 1.28 bits per heavy atom. The summed E-state index contributed by atoms with van der Waals surface area (Å²) >= 11 is 0. The SMILES string of the molecule is Cc1ncc(C2CC2)cc1-c1ccc(N)nc1F. The van der Waals surface area contributed by atoms with E-state index < -0.39 is 5.95 Å². The summed E-state index contributed by atoms with van der Waals surface area (Å²) in [5.74, 6) is 0.259. The van der Waals surface area contributed by atoms with Crippen LogP contribution in [0.25, 0.3) is 11.1 Å². The van der Waals surface area contributed by atoms with E-state index >= 15 is 0 Å². The second-order valence-electron chi connectivity index (χ2n) is 4.75. The Labute approximate surface area is 105 Å². The average molecular weight is 243 g/mol. The smallest absolute Gasteiger partial charge is 0.222 e. The van der Waals surface area contributed by atoms with Crippen LogP contribution in [-0.4, -0.2) is 9.97 Å². The van der Waals surface area contributed by atoms with Gasteiger partial charge in [-0.2, -0.15) is 4.39 Å². The lowest BCUT2D eigenvalue weighted by Gasteiger charge is -2.08. The fourth-order valence-corrected chi connectivity index (χ4v) is 2.11. The van der Waals surface area contributed by atoms with Gasteiger partial charge >= 0.3 is 0 Å². The molecule has 2 aromatic rings. The molecule has 0 aromatic carbocycles. The molecule has 1 fully saturated rings. The van der Waals surface area contributed by atoms with Gasteiger partial charge in [0.25, 0.3) is 0 Å². The molecular weight excluding hydrogens is 229 g/mol. The van der Waals surface area contributed by atoms with Crippen LogP contribution in [0.3, 0.4) is 0 Å². The fourth-order valence-electron chi connectivity index (χ4n) is 2.11. The molecule has 2 N–H and O–H groups in total. The van der Waals surface area contributed by atoms with E-state index in [0.717, 1.165) is 11.3 Å². The minimum Gasteiger partial charge on any atom is -0.384 e. The first-order chi connectivity index (χ1) is 8.65. The topological polar surface area (TPSA) is 51.8 Å². The molecule has 0 bridgehead atoms. The minimum atomic E-state index is -0.534. The highest BCUT2D eigenvalue weighted by Gasteiger charge is 2.24. The predicted molar refractivity (Wildman–Crippen MR) is 68.6 cm³/mol. The van der Waals surface area contributed by atoms with Crippen molar-refractivity contribution in [1.29, 1.82) is 0 Å². The molecule has 3 rings (SSSR count). The predicted octanol–water partition coefficient (Wildman–Crippen LogP) is 3.05. The lowest BCUT2D eigenvalue weighted by Crippen LogP contribution is -1.98. The Kier molecular flexibility index (Phi) is 2.51. The van der Waals surface area contributed by atoms with Gasteiger partial charge in [0.1, 0.15) is 5.82 Å². The Balaban J connectivity index is 2.11. The zero-order chi connectivity index (χ0) is 12.7. The third-order valence-electron chi connectivity index (χ3n) is 3.32. The molecule has 0 spiro atoms. The Morgan fingerprint density at radius 2 is 2.06 bits per heavy atom. The first-order valence-electron chi connectivity index (χ1n) is 6.04. The van der Waals surface area contributed by atoms with Crippen molar-refractivity contribution in [3.05, 3.63) is 41.6 Å². The summed E-state index contributed by atoms with van der Waals surface area (Å²) in [7, 11) is 0. The molecule has 2 aromatic heterocycles. The number of hydrogen-bond donors (Lipinski definition) is 1. The molecule has 92 valence electrons. The number of pyridine rings is 2. The maximum absolute atomic E-state index is 13.8. The van der Waals surface area contributed by atoms with Crippen LogP contribution in [0.4, 0.5) is 10.2 Å². The maximum Gasteiger partial charge on any atom is 0.222 e. The Morgan fingerprint density at radius 3 is 2.72 bits per heavy atom. The molecule has 1 aliphatic carbocycles. The Bertz CT molecular complexity index is 606. The molecule has 4 heteroatoms. The molecule has 18 heavy (non-hydrogen) atoms. The van der Waals surface area contributed by atoms with E-state index in [4.69, 9.17) is 5.73 Å². The van der Waals surface area contributed by atoms with E-state index in [1.165, 1.54) is 18.4 Å². The van der Waals surface area contributed by atoms with Crippen molar-refractivity contribution < 1.29 is 4.39 Å². The highest BCUT2D eigenvalue weighted by atomic mass is 19.1. The van der Waals surface area contributed by atoms with E-state index in [9.17, 15) is 4.39 Å². The molecule has 0 radical (unpaired) electrons. The van der Waals surface area contributed by atoms with Gasteiger partial charge in [-0.05, 0) is 49.4 Å². The van der Waals surface area contributed by atoms with Crippen molar-refractivity contribution >= 4 is 5.82 Å². The lowest BCUT2D eigenvalue weighted by atomic mass is 10.0. The van der Waals surface area contributed by atoms with E-state index in [1.54, 1.807) is 12.1 Å². The highest BCUT2D eigenvalue weighted by Crippen LogP contribution is 2.41. The third-order valence-corrected chi connectivity index (χ3v) is 3.32.